The Morgan fingerprint density at radius 3 is 3.32 bits per heavy atom. The van der Waals surface area contributed by atoms with Crippen molar-refractivity contribution < 1.29 is 22.5 Å². The highest BCUT2D eigenvalue weighted by Crippen LogP contribution is 2.62. The molecule has 1 aromatic rings. The molecule has 0 amide bonds. The Morgan fingerprint density at radius 2 is 2.50 bits per heavy atom. The molecule has 1 aromatic carbocycles. The SMILES string of the molecule is [2H]C1([2H])C[C@H]2[C@H]3Cc4ccc(OC)c5c4[C@@]2(CCN3C([2H])([2H])[2H])C([2H])(O5)C1=O. The lowest BCUT2D eigenvalue weighted by molar-refractivity contribution is -0.138. The van der Waals surface area contributed by atoms with Gasteiger partial charge in [0.1, 0.15) is 0 Å². The molecule has 5 rings (SSSR count). The van der Waals surface area contributed by atoms with Crippen LogP contribution in [0.15, 0.2) is 12.1 Å². The third kappa shape index (κ3) is 1.27. The van der Waals surface area contributed by atoms with Crippen molar-refractivity contribution in [3.8, 4) is 11.5 Å². The number of hydrogen-bond donors (Lipinski definition) is 0. The molecule has 0 aromatic heterocycles. The lowest BCUT2D eigenvalue weighted by Gasteiger charge is -2.57. The number of methoxy groups -OCH3 is 1. The van der Waals surface area contributed by atoms with Gasteiger partial charge in [0.25, 0.3) is 0 Å². The minimum atomic E-state index is -2.32. The van der Waals surface area contributed by atoms with Crippen molar-refractivity contribution in [2.75, 3.05) is 20.6 Å². The fourth-order valence-electron chi connectivity index (χ4n) is 4.94. The summed E-state index contributed by atoms with van der Waals surface area (Å²) in [6.07, 6.45) is -3.81. The summed E-state index contributed by atoms with van der Waals surface area (Å²) < 4.78 is 60.9. The van der Waals surface area contributed by atoms with E-state index in [-0.39, 0.29) is 19.4 Å². The fourth-order valence-corrected chi connectivity index (χ4v) is 4.94. The zero-order chi connectivity index (χ0) is 20.3. The Morgan fingerprint density at radius 1 is 1.59 bits per heavy atom. The van der Waals surface area contributed by atoms with E-state index in [9.17, 15) is 4.79 Å². The van der Waals surface area contributed by atoms with E-state index in [2.05, 4.69) is 0 Å². The van der Waals surface area contributed by atoms with Crippen LogP contribution in [-0.2, 0) is 16.6 Å². The molecule has 1 saturated heterocycles. The van der Waals surface area contributed by atoms with Crippen LogP contribution in [0.2, 0.25) is 0 Å². The highest BCUT2D eigenvalue weighted by atomic mass is 16.5. The zero-order valence-electron chi connectivity index (χ0n) is 18.3. The second kappa shape index (κ2) is 4.05. The van der Waals surface area contributed by atoms with E-state index < -0.39 is 42.6 Å². The smallest absolute Gasteiger partial charge is 0.174 e. The molecule has 2 aliphatic heterocycles. The molecule has 2 aliphatic carbocycles. The van der Waals surface area contributed by atoms with Gasteiger partial charge >= 0.3 is 0 Å². The summed E-state index contributed by atoms with van der Waals surface area (Å²) in [7, 11) is 1.49. The molecular formula is C18H21NO3. The van der Waals surface area contributed by atoms with E-state index in [1.807, 2.05) is 6.07 Å². The monoisotopic (exact) mass is 305 g/mol. The first-order chi connectivity index (χ1) is 13.0. The van der Waals surface area contributed by atoms with Gasteiger partial charge in [0, 0.05) is 30.2 Å². The standard InChI is InChI=1S/C18H21NO3/c1-19-8-7-18-11-4-5-13(20)17(18)22-16-14(21-2)6-3-10(15(16)18)9-12(11)19/h3,6,11-12,17H,4-5,7-9H2,1-2H3/t11-,12+,17?,18-/m0/s1/i1D3,5D2,17D. The van der Waals surface area contributed by atoms with Crippen molar-refractivity contribution in [3.63, 3.8) is 0 Å². The molecule has 0 radical (unpaired) electrons. The summed E-state index contributed by atoms with van der Waals surface area (Å²) in [6, 6.07) is 3.08. The van der Waals surface area contributed by atoms with Crippen molar-refractivity contribution in [2.24, 2.45) is 5.92 Å². The van der Waals surface area contributed by atoms with Crippen molar-refractivity contribution in [2.45, 2.75) is 43.2 Å². The second-order valence-electron chi connectivity index (χ2n) is 6.56. The molecule has 4 nitrogen and oxygen atoms in total. The molecule has 1 saturated carbocycles. The molecule has 2 bridgehead atoms. The molecule has 0 N–H and O–H groups in total. The van der Waals surface area contributed by atoms with Crippen molar-refractivity contribution in [1.82, 2.24) is 4.90 Å². The maximum Gasteiger partial charge on any atom is 0.174 e. The quantitative estimate of drug-likeness (QED) is 0.795. The van der Waals surface area contributed by atoms with Gasteiger partial charge in [-0.05, 0) is 50.3 Å². The van der Waals surface area contributed by atoms with Gasteiger partial charge in [-0.2, -0.15) is 0 Å². The fraction of sp³-hybridized carbons (Fsp3) is 0.611. The molecule has 22 heavy (non-hydrogen) atoms. The van der Waals surface area contributed by atoms with Gasteiger partial charge in [0.15, 0.2) is 23.4 Å². The predicted octanol–water partition coefficient (Wildman–Crippen LogP) is 1.93. The van der Waals surface area contributed by atoms with E-state index in [0.29, 0.717) is 17.9 Å². The maximum atomic E-state index is 13.1. The normalized spacial score (nSPS) is 48.7. The third-order valence-corrected chi connectivity index (χ3v) is 5.85. The number of nitrogens with zero attached hydrogens (tertiary/aromatic N) is 1. The summed E-state index contributed by atoms with van der Waals surface area (Å²) in [4.78, 5) is 14.6. The summed E-state index contributed by atoms with van der Waals surface area (Å²) in [6.45, 7) is -2.12. The molecular weight excluding hydrogens is 278 g/mol. The Kier molecular flexibility index (Phi) is 1.53. The number of Topliss-reactive ketones (excluding diaryl/α,β-unsaturated/α-hetero) is 1. The summed E-state index contributed by atoms with van der Waals surface area (Å²) in [5.74, 6) is -0.638. The second-order valence-corrected chi connectivity index (χ2v) is 6.56. The molecule has 4 heteroatoms. The van der Waals surface area contributed by atoms with Gasteiger partial charge in [-0.25, -0.2) is 0 Å². The van der Waals surface area contributed by atoms with E-state index >= 15 is 0 Å². The molecule has 1 unspecified atom stereocenters. The first-order valence-electron chi connectivity index (χ1n) is 10.7. The van der Waals surface area contributed by atoms with Crippen LogP contribution in [0.4, 0.5) is 0 Å². The summed E-state index contributed by atoms with van der Waals surface area (Å²) >= 11 is 0. The molecule has 1 spiro atoms. The van der Waals surface area contributed by atoms with Gasteiger partial charge in [-0.3, -0.25) is 4.79 Å². The predicted molar refractivity (Wildman–Crippen MR) is 81.6 cm³/mol. The third-order valence-electron chi connectivity index (χ3n) is 5.85. The summed E-state index contributed by atoms with van der Waals surface area (Å²) in [5, 5.41) is 0. The van der Waals surface area contributed by atoms with Crippen LogP contribution >= 0.6 is 0 Å². The Hall–Kier alpha value is -1.55. The average molecular weight is 305 g/mol. The lowest BCUT2D eigenvalue weighted by atomic mass is 9.52. The zero-order valence-corrected chi connectivity index (χ0v) is 12.3. The molecule has 4 atom stereocenters. The van der Waals surface area contributed by atoms with Gasteiger partial charge < -0.3 is 14.4 Å². The van der Waals surface area contributed by atoms with Gasteiger partial charge in [-0.15, -0.1) is 0 Å². The first kappa shape index (κ1) is 8.34. The largest absolute Gasteiger partial charge is 0.493 e. The van der Waals surface area contributed by atoms with Crippen LogP contribution < -0.4 is 9.47 Å². The van der Waals surface area contributed by atoms with Crippen LogP contribution in [0.25, 0.3) is 0 Å². The lowest BCUT2D eigenvalue weighted by Crippen LogP contribution is -2.65. The van der Waals surface area contributed by atoms with Gasteiger partial charge in [0.2, 0.25) is 0 Å². The number of likely N-dealkylation sites (tertiary alicyclic amines) is 1. The van der Waals surface area contributed by atoms with E-state index in [1.54, 1.807) is 6.07 Å². The molecule has 116 valence electrons. The Labute approximate surface area is 138 Å². The Bertz CT molecular complexity index is 902. The van der Waals surface area contributed by atoms with E-state index in [4.69, 9.17) is 17.7 Å². The van der Waals surface area contributed by atoms with Crippen LogP contribution in [0.3, 0.4) is 0 Å². The van der Waals surface area contributed by atoms with Gasteiger partial charge in [-0.1, -0.05) is 6.07 Å². The minimum absolute atomic E-state index is 0.108. The number of carbonyl (C=O) groups is 1. The highest BCUT2D eigenvalue weighted by Gasteiger charge is 2.65. The van der Waals surface area contributed by atoms with Crippen LogP contribution in [0.1, 0.15) is 38.6 Å². The number of benzene rings is 1. The van der Waals surface area contributed by atoms with Crippen molar-refractivity contribution in [3.05, 3.63) is 23.3 Å². The number of hydrogen-bond acceptors (Lipinski definition) is 4. The number of ketones is 1. The number of piperidine rings is 1. The number of ether oxygens (including phenoxy) is 2. The highest BCUT2D eigenvalue weighted by molar-refractivity contribution is 5.89. The van der Waals surface area contributed by atoms with E-state index in [1.165, 1.54) is 12.0 Å². The number of carbonyl (C=O) groups excluding carboxylic acids is 1. The molecule has 2 fully saturated rings. The van der Waals surface area contributed by atoms with Crippen molar-refractivity contribution in [1.29, 1.82) is 0 Å². The molecule has 2 heterocycles. The molecule has 4 aliphatic rings. The van der Waals surface area contributed by atoms with Crippen LogP contribution in [0, 0.1) is 5.92 Å². The van der Waals surface area contributed by atoms with Gasteiger partial charge in [0.05, 0.1) is 8.48 Å². The van der Waals surface area contributed by atoms with E-state index in [0.717, 1.165) is 11.1 Å². The number of likely N-dealkylation sites (N-methyl/N-ethyl adjacent to an activating group) is 1. The van der Waals surface area contributed by atoms with Crippen LogP contribution in [0.5, 0.6) is 11.5 Å². The summed E-state index contributed by atoms with van der Waals surface area (Å²) in [5.41, 5.74) is 0.548. The van der Waals surface area contributed by atoms with Crippen molar-refractivity contribution >= 4 is 5.78 Å². The average Bonchev–Trinajstić information content (AvgIpc) is 2.85. The number of rotatable bonds is 1. The minimum Gasteiger partial charge on any atom is -0.493 e. The first-order valence-corrected chi connectivity index (χ1v) is 7.68. The Balaban J connectivity index is 1.81. The van der Waals surface area contributed by atoms with Crippen LogP contribution in [-0.4, -0.2) is 43.4 Å². The topological polar surface area (TPSA) is 38.8 Å². The maximum absolute atomic E-state index is 13.1.